The minimum atomic E-state index is -0.664. The molecule has 2 rings (SSSR count). The molecule has 0 aliphatic carbocycles. The number of thiocarbonyl (C=S) groups is 1. The monoisotopic (exact) mass is 297 g/mol. The number of anilines is 1. The molecular weight excluding hydrogens is 282 g/mol. The summed E-state index contributed by atoms with van der Waals surface area (Å²) in [6.45, 7) is 5.01. The Morgan fingerprint density at radius 3 is 2.84 bits per heavy atom. The molecule has 0 saturated carbocycles. The molecule has 102 valence electrons. The van der Waals surface area contributed by atoms with Crippen LogP contribution in [0.3, 0.4) is 0 Å². The van der Waals surface area contributed by atoms with Crippen LogP contribution in [0.5, 0.6) is 0 Å². The third kappa shape index (κ3) is 2.40. The fourth-order valence-corrected chi connectivity index (χ4v) is 2.84. The van der Waals surface area contributed by atoms with Crippen LogP contribution in [-0.4, -0.2) is 29.5 Å². The maximum atomic E-state index is 12.0. The summed E-state index contributed by atoms with van der Waals surface area (Å²) in [5.74, 6) is -0.0207. The fraction of sp³-hybridized carbons (Fsp3) is 0.385. The minimum absolute atomic E-state index is 0.0207. The molecule has 1 aliphatic rings. The number of hydrogen-bond donors (Lipinski definition) is 2. The number of nitrogens with one attached hydrogen (secondary N) is 1. The summed E-state index contributed by atoms with van der Waals surface area (Å²) in [6, 6.07) is 5.47. The van der Waals surface area contributed by atoms with Crippen LogP contribution in [0.25, 0.3) is 0 Å². The predicted molar refractivity (Wildman–Crippen MR) is 81.8 cm³/mol. The van der Waals surface area contributed by atoms with Gasteiger partial charge in [-0.05, 0) is 26.0 Å². The molecule has 0 aromatic heterocycles. The molecule has 1 aromatic rings. The topological polar surface area (TPSA) is 58.4 Å². The molecule has 0 bridgehead atoms. The molecule has 0 atom stereocenters. The van der Waals surface area contributed by atoms with Crippen LogP contribution in [0.15, 0.2) is 18.2 Å². The quantitative estimate of drug-likeness (QED) is 0.816. The minimum Gasteiger partial charge on any atom is -0.389 e. The molecule has 1 heterocycles. The molecule has 19 heavy (non-hydrogen) atoms. The van der Waals surface area contributed by atoms with E-state index < -0.39 is 5.54 Å². The third-order valence-electron chi connectivity index (χ3n) is 3.38. The van der Waals surface area contributed by atoms with Crippen molar-refractivity contribution in [2.45, 2.75) is 19.4 Å². The molecule has 1 fully saturated rings. The zero-order valence-corrected chi connectivity index (χ0v) is 12.4. The molecule has 3 N–H and O–H groups in total. The molecule has 0 radical (unpaired) electrons. The Hall–Kier alpha value is -1.33. The Bertz CT molecular complexity index is 545. The van der Waals surface area contributed by atoms with E-state index in [9.17, 15) is 4.79 Å². The SMILES string of the molecule is CC1(C)C(=O)NCCN1c1cccc(Cl)c1C(N)=S. The summed E-state index contributed by atoms with van der Waals surface area (Å²) in [4.78, 5) is 14.2. The van der Waals surface area contributed by atoms with Gasteiger partial charge in [0.1, 0.15) is 10.5 Å². The molecule has 0 spiro atoms. The van der Waals surface area contributed by atoms with Gasteiger partial charge in [0, 0.05) is 18.8 Å². The summed E-state index contributed by atoms with van der Waals surface area (Å²) in [5, 5.41) is 3.36. The predicted octanol–water partition coefficient (Wildman–Crippen LogP) is 1.69. The summed E-state index contributed by atoms with van der Waals surface area (Å²) < 4.78 is 0. The van der Waals surface area contributed by atoms with Crippen molar-refractivity contribution in [1.82, 2.24) is 5.32 Å². The van der Waals surface area contributed by atoms with Gasteiger partial charge < -0.3 is 16.0 Å². The van der Waals surface area contributed by atoms with Crippen molar-refractivity contribution in [3.63, 3.8) is 0 Å². The first kappa shape index (κ1) is 14.1. The number of benzene rings is 1. The van der Waals surface area contributed by atoms with Crippen molar-refractivity contribution in [3.05, 3.63) is 28.8 Å². The van der Waals surface area contributed by atoms with E-state index >= 15 is 0 Å². The fourth-order valence-electron chi connectivity index (χ4n) is 2.30. The van der Waals surface area contributed by atoms with Crippen LogP contribution in [0.2, 0.25) is 5.02 Å². The van der Waals surface area contributed by atoms with E-state index in [-0.39, 0.29) is 10.9 Å². The molecule has 4 nitrogen and oxygen atoms in total. The van der Waals surface area contributed by atoms with Crippen LogP contribution in [-0.2, 0) is 4.79 Å². The van der Waals surface area contributed by atoms with E-state index in [4.69, 9.17) is 29.6 Å². The van der Waals surface area contributed by atoms with Crippen molar-refractivity contribution < 1.29 is 4.79 Å². The lowest BCUT2D eigenvalue weighted by atomic mass is 9.96. The Kier molecular flexibility index (Phi) is 3.69. The number of amides is 1. The van der Waals surface area contributed by atoms with Gasteiger partial charge in [-0.1, -0.05) is 29.9 Å². The summed E-state index contributed by atoms with van der Waals surface area (Å²) in [6.07, 6.45) is 0. The zero-order chi connectivity index (χ0) is 14.2. The first-order valence-electron chi connectivity index (χ1n) is 6.00. The number of hydrogen-bond acceptors (Lipinski definition) is 3. The van der Waals surface area contributed by atoms with Crippen molar-refractivity contribution in [2.75, 3.05) is 18.0 Å². The number of carbonyl (C=O) groups excluding carboxylic acids is 1. The van der Waals surface area contributed by atoms with E-state index in [1.165, 1.54) is 0 Å². The standard InChI is InChI=1S/C13H16ClN3OS/c1-13(2)12(18)16-6-7-17(13)9-5-3-4-8(14)10(9)11(15)19/h3-5H,6-7H2,1-2H3,(H2,15,19)(H,16,18). The van der Waals surface area contributed by atoms with Crippen molar-refractivity contribution in [2.24, 2.45) is 5.73 Å². The highest BCUT2D eigenvalue weighted by Gasteiger charge is 2.38. The van der Waals surface area contributed by atoms with Crippen LogP contribution >= 0.6 is 23.8 Å². The largest absolute Gasteiger partial charge is 0.389 e. The highest BCUT2D eigenvalue weighted by atomic mass is 35.5. The molecule has 0 unspecified atom stereocenters. The van der Waals surface area contributed by atoms with E-state index in [0.29, 0.717) is 23.7 Å². The van der Waals surface area contributed by atoms with Gasteiger partial charge in [0.15, 0.2) is 0 Å². The second kappa shape index (κ2) is 4.98. The van der Waals surface area contributed by atoms with Crippen molar-refractivity contribution in [3.8, 4) is 0 Å². The van der Waals surface area contributed by atoms with Gasteiger partial charge in [0.2, 0.25) is 5.91 Å². The van der Waals surface area contributed by atoms with Crippen LogP contribution in [0, 0.1) is 0 Å². The third-order valence-corrected chi connectivity index (χ3v) is 3.90. The van der Waals surface area contributed by atoms with Crippen molar-refractivity contribution in [1.29, 1.82) is 0 Å². The highest BCUT2D eigenvalue weighted by molar-refractivity contribution is 7.80. The number of piperazine rings is 1. The molecule has 1 aromatic carbocycles. The molecular formula is C13H16ClN3OS. The summed E-state index contributed by atoms with van der Waals surface area (Å²) in [5.41, 5.74) is 6.53. The summed E-state index contributed by atoms with van der Waals surface area (Å²) in [7, 11) is 0. The normalized spacial score (nSPS) is 18.1. The number of halogens is 1. The van der Waals surface area contributed by atoms with Gasteiger partial charge in [-0.3, -0.25) is 4.79 Å². The van der Waals surface area contributed by atoms with Gasteiger partial charge in [0.05, 0.1) is 10.6 Å². The molecule has 6 heteroatoms. The smallest absolute Gasteiger partial charge is 0.245 e. The van der Waals surface area contributed by atoms with Gasteiger partial charge in [-0.15, -0.1) is 0 Å². The average molecular weight is 298 g/mol. The molecule has 1 amide bonds. The van der Waals surface area contributed by atoms with Gasteiger partial charge in [-0.25, -0.2) is 0 Å². The number of nitrogens with zero attached hydrogens (tertiary/aromatic N) is 1. The Balaban J connectivity index is 2.55. The maximum Gasteiger partial charge on any atom is 0.245 e. The Labute approximate surface area is 122 Å². The second-order valence-corrected chi connectivity index (χ2v) is 5.81. The van der Waals surface area contributed by atoms with Gasteiger partial charge >= 0.3 is 0 Å². The summed E-state index contributed by atoms with van der Waals surface area (Å²) >= 11 is 11.3. The van der Waals surface area contributed by atoms with Gasteiger partial charge in [0.25, 0.3) is 0 Å². The zero-order valence-electron chi connectivity index (χ0n) is 10.9. The lowest BCUT2D eigenvalue weighted by Gasteiger charge is -2.43. The number of rotatable bonds is 2. The lowest BCUT2D eigenvalue weighted by molar-refractivity contribution is -0.126. The van der Waals surface area contributed by atoms with E-state index in [2.05, 4.69) is 5.32 Å². The second-order valence-electron chi connectivity index (χ2n) is 4.96. The van der Waals surface area contributed by atoms with E-state index in [1.807, 2.05) is 30.9 Å². The van der Waals surface area contributed by atoms with Crippen LogP contribution in [0.4, 0.5) is 5.69 Å². The highest BCUT2D eigenvalue weighted by Crippen LogP contribution is 2.33. The van der Waals surface area contributed by atoms with E-state index in [0.717, 1.165) is 5.69 Å². The lowest BCUT2D eigenvalue weighted by Crippen LogP contribution is -2.62. The van der Waals surface area contributed by atoms with Gasteiger partial charge in [-0.2, -0.15) is 0 Å². The first-order valence-corrected chi connectivity index (χ1v) is 6.78. The molecule has 1 saturated heterocycles. The molecule has 1 aliphatic heterocycles. The van der Waals surface area contributed by atoms with Crippen molar-refractivity contribution >= 4 is 40.4 Å². The average Bonchev–Trinajstić information content (AvgIpc) is 2.31. The van der Waals surface area contributed by atoms with Crippen LogP contribution in [0.1, 0.15) is 19.4 Å². The maximum absolute atomic E-state index is 12.0. The first-order chi connectivity index (χ1) is 8.85. The number of carbonyl (C=O) groups is 1. The Morgan fingerprint density at radius 1 is 1.53 bits per heavy atom. The van der Waals surface area contributed by atoms with E-state index in [1.54, 1.807) is 6.07 Å². The van der Waals surface area contributed by atoms with Crippen LogP contribution < -0.4 is 16.0 Å². The number of nitrogens with two attached hydrogens (primary N) is 1. The Morgan fingerprint density at radius 2 is 2.21 bits per heavy atom.